The normalized spacial score (nSPS) is 15.0. The van der Waals surface area contributed by atoms with Gasteiger partial charge in [0.1, 0.15) is 17.6 Å². The van der Waals surface area contributed by atoms with Crippen LogP contribution in [0.2, 0.25) is 0 Å². The van der Waals surface area contributed by atoms with Crippen molar-refractivity contribution in [1.29, 1.82) is 0 Å². The number of pyridine rings is 1. The summed E-state index contributed by atoms with van der Waals surface area (Å²) in [7, 11) is 1.84. The lowest BCUT2D eigenvalue weighted by atomic mass is 10.2. The average Bonchev–Trinajstić information content (AvgIpc) is 3.05. The monoisotopic (exact) mass is 558 g/mol. The molecule has 0 N–H and O–H groups in total. The molecule has 0 radical (unpaired) electrons. The summed E-state index contributed by atoms with van der Waals surface area (Å²) in [5, 5.41) is 11.6. The molecule has 0 saturated carbocycles. The van der Waals surface area contributed by atoms with Crippen LogP contribution in [0.4, 0.5) is 17.6 Å². The van der Waals surface area contributed by atoms with Crippen LogP contribution in [0.15, 0.2) is 69.5 Å². The van der Waals surface area contributed by atoms with Crippen LogP contribution in [0.3, 0.4) is 0 Å². The Bertz CT molecular complexity index is 1460. The van der Waals surface area contributed by atoms with E-state index >= 15 is 4.39 Å². The number of alkyl halides is 3. The molecule has 210 valence electrons. The Morgan fingerprint density at radius 1 is 1.26 bits per heavy atom. The fraction of sp³-hybridized carbons (Fsp3) is 0.304. The van der Waals surface area contributed by atoms with Gasteiger partial charge in [0, 0.05) is 19.3 Å². The molecule has 1 aliphatic carbocycles. The molecular weight excluding hydrogens is 536 g/mol. The van der Waals surface area contributed by atoms with E-state index in [1.54, 1.807) is 0 Å². The van der Waals surface area contributed by atoms with E-state index in [0.29, 0.717) is 6.08 Å². The van der Waals surface area contributed by atoms with Gasteiger partial charge in [0.25, 0.3) is 11.4 Å². The fourth-order valence-corrected chi connectivity index (χ4v) is 3.12. The number of methoxy groups -OCH3 is 1. The van der Waals surface area contributed by atoms with Gasteiger partial charge in [-0.2, -0.15) is 13.2 Å². The van der Waals surface area contributed by atoms with Gasteiger partial charge in [-0.1, -0.05) is 19.9 Å². The molecule has 3 rings (SSSR count). The third kappa shape index (κ3) is 6.97. The number of nitrogens with zero attached hydrogens (tertiary/aromatic N) is 4. The van der Waals surface area contributed by atoms with Gasteiger partial charge < -0.3 is 14.2 Å². The third-order valence-electron chi connectivity index (χ3n) is 4.87. The summed E-state index contributed by atoms with van der Waals surface area (Å²) in [6.07, 6.45) is -1.76. The highest BCUT2D eigenvalue weighted by Gasteiger charge is 2.36. The van der Waals surface area contributed by atoms with Crippen molar-refractivity contribution < 1.29 is 41.5 Å². The molecule has 0 spiro atoms. The summed E-state index contributed by atoms with van der Waals surface area (Å²) in [6.45, 7) is 3.41. The Hall–Kier alpha value is -4.76. The smallest absolute Gasteiger partial charge is 0.431 e. The highest BCUT2D eigenvalue weighted by atomic mass is 19.4. The first-order valence-corrected chi connectivity index (χ1v) is 11.0. The SMILES string of the molecule is CC.COC(=O)COc1ncccc1OC1=C([N+](=O)[O-])C=C(F)C(n2c(=O)cc(C(F)(F)F)n(C)c2=O)C=C1. The number of hydrogen-bond acceptors (Lipinski definition) is 9. The van der Waals surface area contributed by atoms with Gasteiger partial charge in [0.05, 0.1) is 18.1 Å². The number of carbonyl (C=O) groups is 1. The first-order valence-electron chi connectivity index (χ1n) is 11.0. The molecule has 1 unspecified atom stereocenters. The minimum absolute atomic E-state index is 0.104. The van der Waals surface area contributed by atoms with Crippen molar-refractivity contribution in [2.45, 2.75) is 26.1 Å². The Morgan fingerprint density at radius 3 is 2.51 bits per heavy atom. The molecule has 12 nitrogen and oxygen atoms in total. The molecule has 2 aromatic rings. The summed E-state index contributed by atoms with van der Waals surface area (Å²) < 4.78 is 69.8. The average molecular weight is 558 g/mol. The van der Waals surface area contributed by atoms with Gasteiger partial charge in [0.15, 0.2) is 12.4 Å². The van der Waals surface area contributed by atoms with Gasteiger partial charge in [-0.05, 0) is 18.2 Å². The zero-order valence-corrected chi connectivity index (χ0v) is 20.9. The lowest BCUT2D eigenvalue weighted by molar-refractivity contribution is -0.421. The summed E-state index contributed by atoms with van der Waals surface area (Å²) in [5.41, 5.74) is -5.54. The minimum Gasteiger partial charge on any atom is -0.466 e. The van der Waals surface area contributed by atoms with E-state index in [2.05, 4.69) is 9.72 Å². The van der Waals surface area contributed by atoms with Crippen molar-refractivity contribution in [2.75, 3.05) is 13.7 Å². The van der Waals surface area contributed by atoms with E-state index in [1.807, 2.05) is 13.8 Å². The predicted octanol–water partition coefficient (Wildman–Crippen LogP) is 3.07. The summed E-state index contributed by atoms with van der Waals surface area (Å²) in [5.74, 6) is -3.30. The molecule has 0 amide bonds. The number of halogens is 4. The maximum absolute atomic E-state index is 15.1. The number of allylic oxidation sites excluding steroid dienone is 4. The minimum atomic E-state index is -5.04. The van der Waals surface area contributed by atoms with Gasteiger partial charge in [-0.25, -0.2) is 23.5 Å². The van der Waals surface area contributed by atoms with E-state index in [0.717, 1.165) is 26.3 Å². The van der Waals surface area contributed by atoms with Crippen molar-refractivity contribution in [3.63, 3.8) is 0 Å². The molecule has 1 atom stereocenters. The Morgan fingerprint density at radius 2 is 1.92 bits per heavy atom. The second kappa shape index (κ2) is 12.7. The summed E-state index contributed by atoms with van der Waals surface area (Å²) in [4.78, 5) is 50.7. The van der Waals surface area contributed by atoms with Crippen LogP contribution in [0.1, 0.15) is 25.6 Å². The second-order valence-electron chi connectivity index (χ2n) is 7.19. The first kappa shape index (κ1) is 30.5. The van der Waals surface area contributed by atoms with E-state index < -0.39 is 63.9 Å². The predicted molar refractivity (Wildman–Crippen MR) is 126 cm³/mol. The number of ether oxygens (including phenoxy) is 3. The Kier molecular flexibility index (Phi) is 9.89. The third-order valence-corrected chi connectivity index (χ3v) is 4.87. The highest BCUT2D eigenvalue weighted by Crippen LogP contribution is 2.32. The van der Waals surface area contributed by atoms with Crippen molar-refractivity contribution in [1.82, 2.24) is 14.1 Å². The van der Waals surface area contributed by atoms with Crippen molar-refractivity contribution in [3.8, 4) is 11.6 Å². The Labute approximate surface area is 217 Å². The van der Waals surface area contributed by atoms with Crippen molar-refractivity contribution in [3.05, 3.63) is 96.6 Å². The molecule has 2 heterocycles. The summed E-state index contributed by atoms with van der Waals surface area (Å²) in [6, 6.07) is 0.787. The molecule has 39 heavy (non-hydrogen) atoms. The second-order valence-corrected chi connectivity index (χ2v) is 7.19. The maximum Gasteiger partial charge on any atom is 0.431 e. The lowest BCUT2D eigenvalue weighted by Gasteiger charge is -2.17. The van der Waals surface area contributed by atoms with Crippen LogP contribution in [0.5, 0.6) is 11.6 Å². The van der Waals surface area contributed by atoms with Crippen LogP contribution in [-0.2, 0) is 22.8 Å². The number of carbonyl (C=O) groups excluding carboxylic acids is 1. The zero-order valence-electron chi connectivity index (χ0n) is 20.9. The molecule has 0 fully saturated rings. The molecule has 2 aromatic heterocycles. The van der Waals surface area contributed by atoms with Crippen LogP contribution in [0, 0.1) is 10.1 Å². The number of hydrogen-bond donors (Lipinski definition) is 0. The number of aromatic nitrogens is 3. The van der Waals surface area contributed by atoms with E-state index in [9.17, 15) is 37.7 Å². The molecule has 1 aliphatic rings. The summed E-state index contributed by atoms with van der Waals surface area (Å²) >= 11 is 0. The number of esters is 1. The van der Waals surface area contributed by atoms with Crippen LogP contribution in [0.25, 0.3) is 0 Å². The molecular formula is C23H22F4N4O8. The van der Waals surface area contributed by atoms with Crippen LogP contribution < -0.4 is 20.7 Å². The van der Waals surface area contributed by atoms with Crippen molar-refractivity contribution >= 4 is 5.97 Å². The maximum atomic E-state index is 15.1. The molecule has 0 aliphatic heterocycles. The largest absolute Gasteiger partial charge is 0.466 e. The molecule has 0 saturated heterocycles. The quantitative estimate of drug-likeness (QED) is 0.217. The molecule has 0 bridgehead atoms. The molecule has 0 aromatic carbocycles. The van der Waals surface area contributed by atoms with Gasteiger partial charge in [0.2, 0.25) is 5.76 Å². The van der Waals surface area contributed by atoms with E-state index in [1.165, 1.54) is 18.3 Å². The van der Waals surface area contributed by atoms with Gasteiger partial charge >= 0.3 is 23.5 Å². The topological polar surface area (TPSA) is 145 Å². The highest BCUT2D eigenvalue weighted by molar-refractivity contribution is 5.70. The lowest BCUT2D eigenvalue weighted by Crippen LogP contribution is -2.43. The molecule has 16 heteroatoms. The number of rotatable bonds is 7. The van der Waals surface area contributed by atoms with Gasteiger partial charge in [-0.15, -0.1) is 0 Å². The Balaban J connectivity index is 0.00000260. The van der Waals surface area contributed by atoms with Gasteiger partial charge in [-0.3, -0.25) is 19.5 Å². The van der Waals surface area contributed by atoms with E-state index in [-0.39, 0.29) is 26.8 Å². The zero-order chi connectivity index (χ0) is 29.5. The standard InChI is InChI=1S/C21H16F4N4O8.C2H6/c1-27-16(21(23,24)25)9-17(30)28(20(27)32)12-5-6-14(13(29(33)34)8-11(12)22)37-15-4-3-7-26-19(15)36-10-18(31)35-2;1-2/h3-9,12H,10H2,1-2H3;1-2H3. The first-order chi connectivity index (χ1) is 18.3. The van der Waals surface area contributed by atoms with E-state index in [4.69, 9.17) is 9.47 Å². The van der Waals surface area contributed by atoms with Crippen LogP contribution >= 0.6 is 0 Å². The van der Waals surface area contributed by atoms with Crippen LogP contribution in [-0.4, -0.2) is 38.7 Å². The number of nitro groups is 1. The fourth-order valence-electron chi connectivity index (χ4n) is 3.12. The van der Waals surface area contributed by atoms with Crippen molar-refractivity contribution in [2.24, 2.45) is 7.05 Å².